The molecule has 1 aliphatic rings. The molecule has 1 fully saturated rings. The standard InChI is InChI=1S/C15H25BrN4O/c1-4-19(5-2)9-11(3)18-13-8-17-20(10-12-6-7-12)15(21)14(13)16/h8,11-12,18H,4-7,9-10H2,1-3H3. The van der Waals surface area contributed by atoms with Gasteiger partial charge in [0.05, 0.1) is 11.9 Å². The molecule has 5 nitrogen and oxygen atoms in total. The number of nitrogens with one attached hydrogen (secondary N) is 1. The molecule has 2 rings (SSSR count). The van der Waals surface area contributed by atoms with Crippen molar-refractivity contribution < 1.29 is 0 Å². The van der Waals surface area contributed by atoms with Crippen LogP contribution in [0.2, 0.25) is 0 Å². The van der Waals surface area contributed by atoms with Crippen LogP contribution in [0.15, 0.2) is 15.5 Å². The first-order chi connectivity index (χ1) is 10.0. The third kappa shape index (κ3) is 4.54. The Morgan fingerprint density at radius 3 is 2.71 bits per heavy atom. The number of nitrogens with zero attached hydrogens (tertiary/aromatic N) is 3. The van der Waals surface area contributed by atoms with Crippen molar-refractivity contribution in [3.63, 3.8) is 0 Å². The first kappa shape index (κ1) is 16.5. The van der Waals surface area contributed by atoms with E-state index >= 15 is 0 Å². The fourth-order valence-electron chi connectivity index (χ4n) is 2.42. The topological polar surface area (TPSA) is 50.2 Å². The van der Waals surface area contributed by atoms with Crippen LogP contribution in [-0.2, 0) is 6.54 Å². The monoisotopic (exact) mass is 356 g/mol. The molecule has 21 heavy (non-hydrogen) atoms. The maximum absolute atomic E-state index is 12.3. The van der Waals surface area contributed by atoms with Crippen molar-refractivity contribution in [2.75, 3.05) is 25.0 Å². The zero-order valence-corrected chi connectivity index (χ0v) is 14.7. The van der Waals surface area contributed by atoms with Crippen molar-refractivity contribution in [1.29, 1.82) is 0 Å². The van der Waals surface area contributed by atoms with E-state index in [1.54, 1.807) is 10.9 Å². The molecule has 1 saturated carbocycles. The number of hydrogen-bond donors (Lipinski definition) is 1. The van der Waals surface area contributed by atoms with Crippen molar-refractivity contribution >= 4 is 21.6 Å². The van der Waals surface area contributed by atoms with Crippen LogP contribution < -0.4 is 10.9 Å². The van der Waals surface area contributed by atoms with Crippen LogP contribution in [0.1, 0.15) is 33.6 Å². The van der Waals surface area contributed by atoms with Gasteiger partial charge in [0.15, 0.2) is 0 Å². The average Bonchev–Trinajstić information content (AvgIpc) is 3.28. The van der Waals surface area contributed by atoms with Crippen LogP contribution >= 0.6 is 15.9 Å². The lowest BCUT2D eigenvalue weighted by molar-refractivity contribution is 0.294. The van der Waals surface area contributed by atoms with E-state index in [2.05, 4.69) is 52.0 Å². The summed E-state index contributed by atoms with van der Waals surface area (Å²) in [4.78, 5) is 14.6. The van der Waals surface area contributed by atoms with Gasteiger partial charge >= 0.3 is 0 Å². The minimum Gasteiger partial charge on any atom is -0.379 e. The summed E-state index contributed by atoms with van der Waals surface area (Å²) in [5.41, 5.74) is 0.744. The van der Waals surface area contributed by atoms with Gasteiger partial charge in [0.2, 0.25) is 0 Å². The third-order valence-corrected chi connectivity index (χ3v) is 4.71. The molecule has 0 aliphatic heterocycles. The molecule has 118 valence electrons. The molecule has 0 saturated heterocycles. The van der Waals surface area contributed by atoms with Crippen molar-refractivity contribution in [2.45, 2.75) is 46.2 Å². The molecule has 0 amide bonds. The summed E-state index contributed by atoms with van der Waals surface area (Å²) in [6.45, 7) is 10.2. The summed E-state index contributed by atoms with van der Waals surface area (Å²) < 4.78 is 2.16. The number of likely N-dealkylation sites (N-methyl/N-ethyl adjacent to an activating group) is 1. The number of anilines is 1. The lowest BCUT2D eigenvalue weighted by atomic mass is 10.3. The van der Waals surface area contributed by atoms with Gasteiger partial charge < -0.3 is 10.2 Å². The van der Waals surface area contributed by atoms with Crippen molar-refractivity contribution in [1.82, 2.24) is 14.7 Å². The van der Waals surface area contributed by atoms with E-state index in [4.69, 9.17) is 0 Å². The molecule has 1 atom stereocenters. The maximum Gasteiger partial charge on any atom is 0.283 e. The molecule has 1 aromatic heterocycles. The molecule has 1 N–H and O–H groups in total. The minimum absolute atomic E-state index is 0.0399. The quantitative estimate of drug-likeness (QED) is 0.777. The largest absolute Gasteiger partial charge is 0.379 e. The lowest BCUT2D eigenvalue weighted by Crippen LogP contribution is -2.35. The first-order valence-electron chi connectivity index (χ1n) is 7.79. The second-order valence-corrected chi connectivity index (χ2v) is 6.63. The van der Waals surface area contributed by atoms with Crippen LogP contribution in [0, 0.1) is 5.92 Å². The highest BCUT2D eigenvalue weighted by Gasteiger charge is 2.23. The molecular formula is C15H25BrN4O. The highest BCUT2D eigenvalue weighted by atomic mass is 79.9. The Morgan fingerprint density at radius 1 is 1.48 bits per heavy atom. The van der Waals surface area contributed by atoms with Crippen molar-refractivity contribution in [3.05, 3.63) is 21.0 Å². The van der Waals surface area contributed by atoms with Gasteiger partial charge in [-0.15, -0.1) is 0 Å². The lowest BCUT2D eigenvalue weighted by Gasteiger charge is -2.24. The Kier molecular flexibility index (Phi) is 5.81. The molecule has 1 unspecified atom stereocenters. The second-order valence-electron chi connectivity index (χ2n) is 5.83. The molecular weight excluding hydrogens is 332 g/mol. The SMILES string of the molecule is CCN(CC)CC(C)Nc1cnn(CC2CC2)c(=O)c1Br. The molecule has 1 heterocycles. The number of aromatic nitrogens is 2. The first-order valence-corrected chi connectivity index (χ1v) is 8.58. The van der Waals surface area contributed by atoms with Gasteiger partial charge in [0.25, 0.3) is 5.56 Å². The molecule has 0 radical (unpaired) electrons. The number of rotatable bonds is 8. The van der Waals surface area contributed by atoms with E-state index in [0.717, 1.165) is 31.9 Å². The van der Waals surface area contributed by atoms with Gasteiger partial charge in [0.1, 0.15) is 4.47 Å². The van der Waals surface area contributed by atoms with Gasteiger partial charge in [-0.05, 0) is 54.7 Å². The highest BCUT2D eigenvalue weighted by Crippen LogP contribution is 2.30. The van der Waals surface area contributed by atoms with Crippen LogP contribution in [0.3, 0.4) is 0 Å². The van der Waals surface area contributed by atoms with E-state index < -0.39 is 0 Å². The average molecular weight is 357 g/mol. The molecule has 0 spiro atoms. The van der Waals surface area contributed by atoms with E-state index in [-0.39, 0.29) is 11.6 Å². The van der Waals surface area contributed by atoms with Gasteiger partial charge in [0, 0.05) is 19.1 Å². The smallest absolute Gasteiger partial charge is 0.283 e. The van der Waals surface area contributed by atoms with Crippen molar-refractivity contribution in [2.24, 2.45) is 5.92 Å². The summed E-state index contributed by atoms with van der Waals surface area (Å²) in [7, 11) is 0. The Morgan fingerprint density at radius 2 is 2.14 bits per heavy atom. The molecule has 1 aliphatic carbocycles. The van der Waals surface area contributed by atoms with E-state index in [9.17, 15) is 4.79 Å². The van der Waals surface area contributed by atoms with Crippen LogP contribution in [-0.4, -0.2) is 40.4 Å². The van der Waals surface area contributed by atoms with E-state index in [1.807, 2.05) is 0 Å². The third-order valence-electron chi connectivity index (χ3n) is 3.94. The fourth-order valence-corrected chi connectivity index (χ4v) is 2.84. The maximum atomic E-state index is 12.3. The van der Waals surface area contributed by atoms with Crippen LogP contribution in [0.4, 0.5) is 5.69 Å². The number of hydrogen-bond acceptors (Lipinski definition) is 4. The van der Waals surface area contributed by atoms with Crippen LogP contribution in [0.25, 0.3) is 0 Å². The summed E-state index contributed by atoms with van der Waals surface area (Å²) in [6.07, 6.45) is 4.19. The summed E-state index contributed by atoms with van der Waals surface area (Å²) >= 11 is 3.42. The zero-order valence-electron chi connectivity index (χ0n) is 13.1. The van der Waals surface area contributed by atoms with Crippen LogP contribution in [0.5, 0.6) is 0 Å². The minimum atomic E-state index is -0.0399. The van der Waals surface area contributed by atoms with E-state index in [1.165, 1.54) is 12.8 Å². The normalized spacial score (nSPS) is 16.2. The van der Waals surface area contributed by atoms with Gasteiger partial charge in [-0.25, -0.2) is 4.68 Å². The molecule has 1 aromatic rings. The summed E-state index contributed by atoms with van der Waals surface area (Å²) in [5.74, 6) is 0.641. The Balaban J connectivity index is 2.02. The highest BCUT2D eigenvalue weighted by molar-refractivity contribution is 9.10. The predicted molar refractivity (Wildman–Crippen MR) is 89.8 cm³/mol. The Labute approximate surface area is 134 Å². The molecule has 0 aromatic carbocycles. The number of halogens is 1. The summed E-state index contributed by atoms with van der Waals surface area (Å²) in [5, 5.41) is 7.67. The molecule has 6 heteroatoms. The van der Waals surface area contributed by atoms with E-state index in [0.29, 0.717) is 10.4 Å². The fraction of sp³-hybridized carbons (Fsp3) is 0.733. The van der Waals surface area contributed by atoms with Gasteiger partial charge in [-0.1, -0.05) is 13.8 Å². The Hall–Kier alpha value is -0.880. The van der Waals surface area contributed by atoms with Gasteiger partial charge in [-0.2, -0.15) is 5.10 Å². The zero-order chi connectivity index (χ0) is 15.4. The second kappa shape index (κ2) is 7.40. The molecule has 0 bridgehead atoms. The Bertz CT molecular complexity index is 523. The predicted octanol–water partition coefficient (Wildman–Crippen LogP) is 2.56. The van der Waals surface area contributed by atoms with Crippen molar-refractivity contribution in [3.8, 4) is 0 Å². The van der Waals surface area contributed by atoms with Gasteiger partial charge in [-0.3, -0.25) is 4.79 Å². The summed E-state index contributed by atoms with van der Waals surface area (Å²) in [6, 6.07) is 0.265.